The van der Waals surface area contributed by atoms with E-state index in [2.05, 4.69) is 15.3 Å². The Bertz CT molecular complexity index is 1020. The maximum atomic E-state index is 13.5. The number of ether oxygens (including phenoxy) is 1. The maximum absolute atomic E-state index is 13.5. The molecule has 1 fully saturated rings. The van der Waals surface area contributed by atoms with Crippen LogP contribution in [0.3, 0.4) is 0 Å². The SMILES string of the molecule is COc1ccc(CNC(=O)[C@H]2CCCN(c3ncc(-c4cccc(F)c4)cn3)C2)cc1. The van der Waals surface area contributed by atoms with E-state index in [1.807, 2.05) is 35.2 Å². The third-order valence-electron chi connectivity index (χ3n) is 5.50. The van der Waals surface area contributed by atoms with Crippen molar-refractivity contribution in [2.75, 3.05) is 25.1 Å². The van der Waals surface area contributed by atoms with Crippen LogP contribution in [0.4, 0.5) is 10.3 Å². The molecule has 0 bridgehead atoms. The van der Waals surface area contributed by atoms with Gasteiger partial charge in [-0.05, 0) is 48.2 Å². The van der Waals surface area contributed by atoms with Gasteiger partial charge in [0, 0.05) is 37.6 Å². The van der Waals surface area contributed by atoms with Gasteiger partial charge < -0.3 is 15.0 Å². The topological polar surface area (TPSA) is 67.3 Å². The Morgan fingerprint density at radius 3 is 2.65 bits per heavy atom. The Balaban J connectivity index is 1.35. The number of hydrogen-bond donors (Lipinski definition) is 1. The van der Waals surface area contributed by atoms with Gasteiger partial charge in [-0.3, -0.25) is 4.79 Å². The second-order valence-corrected chi connectivity index (χ2v) is 7.63. The molecule has 160 valence electrons. The smallest absolute Gasteiger partial charge is 0.225 e. The summed E-state index contributed by atoms with van der Waals surface area (Å²) in [5.74, 6) is 1.02. The van der Waals surface area contributed by atoms with Gasteiger partial charge in [0.1, 0.15) is 11.6 Å². The Kier molecular flexibility index (Phi) is 6.40. The van der Waals surface area contributed by atoms with E-state index in [0.29, 0.717) is 19.0 Å². The summed E-state index contributed by atoms with van der Waals surface area (Å²) in [7, 11) is 1.63. The molecular formula is C24H25FN4O2. The van der Waals surface area contributed by atoms with Gasteiger partial charge in [-0.2, -0.15) is 0 Å². The third kappa shape index (κ3) is 5.17. The predicted molar refractivity (Wildman–Crippen MR) is 117 cm³/mol. The molecule has 1 aromatic heterocycles. The summed E-state index contributed by atoms with van der Waals surface area (Å²) in [6.07, 6.45) is 5.14. The van der Waals surface area contributed by atoms with E-state index < -0.39 is 0 Å². The van der Waals surface area contributed by atoms with Crippen LogP contribution in [0.25, 0.3) is 11.1 Å². The minimum atomic E-state index is -0.291. The summed E-state index contributed by atoms with van der Waals surface area (Å²) < 4.78 is 18.6. The number of benzene rings is 2. The van der Waals surface area contributed by atoms with Crippen molar-refractivity contribution >= 4 is 11.9 Å². The van der Waals surface area contributed by atoms with Crippen molar-refractivity contribution in [2.45, 2.75) is 19.4 Å². The molecule has 3 aromatic rings. The Hall–Kier alpha value is -3.48. The van der Waals surface area contributed by atoms with Crippen LogP contribution in [0.5, 0.6) is 5.75 Å². The molecule has 31 heavy (non-hydrogen) atoms. The molecular weight excluding hydrogens is 395 g/mol. The molecule has 1 saturated heterocycles. The Labute approximate surface area is 181 Å². The second-order valence-electron chi connectivity index (χ2n) is 7.63. The molecule has 0 unspecified atom stereocenters. The van der Waals surface area contributed by atoms with Gasteiger partial charge in [-0.25, -0.2) is 14.4 Å². The summed E-state index contributed by atoms with van der Waals surface area (Å²) in [6.45, 7) is 1.87. The zero-order chi connectivity index (χ0) is 21.6. The van der Waals surface area contributed by atoms with Gasteiger partial charge in [0.15, 0.2) is 0 Å². The highest BCUT2D eigenvalue weighted by atomic mass is 19.1. The van der Waals surface area contributed by atoms with Gasteiger partial charge in [0.05, 0.1) is 13.0 Å². The molecule has 1 amide bonds. The van der Waals surface area contributed by atoms with Crippen LogP contribution < -0.4 is 15.0 Å². The molecule has 0 aliphatic carbocycles. The Morgan fingerprint density at radius 2 is 1.94 bits per heavy atom. The van der Waals surface area contributed by atoms with Gasteiger partial charge >= 0.3 is 0 Å². The number of nitrogens with zero attached hydrogens (tertiary/aromatic N) is 3. The normalized spacial score (nSPS) is 16.1. The van der Waals surface area contributed by atoms with E-state index >= 15 is 0 Å². The first-order valence-corrected chi connectivity index (χ1v) is 10.4. The molecule has 1 N–H and O–H groups in total. The number of carbonyl (C=O) groups excluding carboxylic acids is 1. The summed E-state index contributed by atoms with van der Waals surface area (Å²) in [4.78, 5) is 23.7. The van der Waals surface area contributed by atoms with E-state index in [4.69, 9.17) is 4.74 Å². The standard InChI is InChI=1S/C24H25FN4O2/c1-31-22-9-7-17(8-10-22)13-26-23(30)19-5-3-11-29(16-19)24-27-14-20(15-28-24)18-4-2-6-21(25)12-18/h2,4,6-10,12,14-15,19H,3,5,11,13,16H2,1H3,(H,26,30)/t19-/m0/s1. The summed E-state index contributed by atoms with van der Waals surface area (Å²) >= 11 is 0. The second kappa shape index (κ2) is 9.55. The van der Waals surface area contributed by atoms with Crippen molar-refractivity contribution in [1.29, 1.82) is 0 Å². The number of aromatic nitrogens is 2. The van der Waals surface area contributed by atoms with Crippen molar-refractivity contribution in [3.8, 4) is 16.9 Å². The average molecular weight is 420 g/mol. The highest BCUT2D eigenvalue weighted by Gasteiger charge is 2.27. The molecule has 2 aromatic carbocycles. The molecule has 1 aliphatic heterocycles. The van der Waals surface area contributed by atoms with Gasteiger partial charge in [-0.1, -0.05) is 24.3 Å². The van der Waals surface area contributed by atoms with Crippen LogP contribution in [0.2, 0.25) is 0 Å². The first kappa shape index (κ1) is 20.8. The molecule has 1 atom stereocenters. The van der Waals surface area contributed by atoms with E-state index in [9.17, 15) is 9.18 Å². The lowest BCUT2D eigenvalue weighted by Crippen LogP contribution is -2.43. The molecule has 0 spiro atoms. The Morgan fingerprint density at radius 1 is 1.16 bits per heavy atom. The van der Waals surface area contributed by atoms with Crippen LogP contribution in [-0.2, 0) is 11.3 Å². The first-order chi connectivity index (χ1) is 15.1. The van der Waals surface area contributed by atoms with E-state index in [1.165, 1.54) is 12.1 Å². The highest BCUT2D eigenvalue weighted by molar-refractivity contribution is 5.79. The van der Waals surface area contributed by atoms with E-state index in [1.54, 1.807) is 25.6 Å². The van der Waals surface area contributed by atoms with Crippen LogP contribution >= 0.6 is 0 Å². The lowest BCUT2D eigenvalue weighted by molar-refractivity contribution is -0.125. The fourth-order valence-electron chi connectivity index (χ4n) is 3.75. The number of methoxy groups -OCH3 is 1. The van der Waals surface area contributed by atoms with Crippen molar-refractivity contribution in [3.63, 3.8) is 0 Å². The number of amides is 1. The minimum absolute atomic E-state index is 0.0388. The minimum Gasteiger partial charge on any atom is -0.497 e. The molecule has 2 heterocycles. The van der Waals surface area contributed by atoms with Crippen LogP contribution in [0.15, 0.2) is 60.9 Å². The van der Waals surface area contributed by atoms with E-state index in [-0.39, 0.29) is 17.6 Å². The molecule has 7 heteroatoms. The van der Waals surface area contributed by atoms with E-state index in [0.717, 1.165) is 41.8 Å². The molecule has 4 rings (SSSR count). The van der Waals surface area contributed by atoms with Crippen molar-refractivity contribution in [2.24, 2.45) is 5.92 Å². The van der Waals surface area contributed by atoms with Crippen LogP contribution in [0.1, 0.15) is 18.4 Å². The van der Waals surface area contributed by atoms with Crippen molar-refractivity contribution < 1.29 is 13.9 Å². The number of piperidine rings is 1. The quantitative estimate of drug-likeness (QED) is 0.657. The molecule has 0 saturated carbocycles. The molecule has 6 nitrogen and oxygen atoms in total. The largest absolute Gasteiger partial charge is 0.497 e. The van der Waals surface area contributed by atoms with Crippen molar-refractivity contribution in [3.05, 3.63) is 72.3 Å². The van der Waals surface area contributed by atoms with Crippen molar-refractivity contribution in [1.82, 2.24) is 15.3 Å². The summed E-state index contributed by atoms with van der Waals surface area (Å²) in [5, 5.41) is 3.03. The zero-order valence-corrected chi connectivity index (χ0v) is 17.4. The molecule has 0 radical (unpaired) electrons. The van der Waals surface area contributed by atoms with Gasteiger partial charge in [0.2, 0.25) is 11.9 Å². The van der Waals surface area contributed by atoms with Crippen LogP contribution in [0, 0.1) is 11.7 Å². The number of rotatable bonds is 6. The fraction of sp³-hybridized carbons (Fsp3) is 0.292. The van der Waals surface area contributed by atoms with Gasteiger partial charge in [0.25, 0.3) is 0 Å². The van der Waals surface area contributed by atoms with Crippen LogP contribution in [-0.4, -0.2) is 36.1 Å². The monoisotopic (exact) mass is 420 g/mol. The van der Waals surface area contributed by atoms with Gasteiger partial charge in [-0.15, -0.1) is 0 Å². The summed E-state index contributed by atoms with van der Waals surface area (Å²) in [6, 6.07) is 14.0. The predicted octanol–water partition coefficient (Wildman–Crippen LogP) is 3.82. The first-order valence-electron chi connectivity index (χ1n) is 10.4. The maximum Gasteiger partial charge on any atom is 0.225 e. The average Bonchev–Trinajstić information content (AvgIpc) is 2.83. The number of hydrogen-bond acceptors (Lipinski definition) is 5. The molecule has 1 aliphatic rings. The lowest BCUT2D eigenvalue weighted by atomic mass is 9.97. The highest BCUT2D eigenvalue weighted by Crippen LogP contribution is 2.23. The zero-order valence-electron chi connectivity index (χ0n) is 17.4. The number of carbonyl (C=O) groups is 1. The lowest BCUT2D eigenvalue weighted by Gasteiger charge is -2.32. The number of halogens is 1. The third-order valence-corrected chi connectivity index (χ3v) is 5.50. The fourth-order valence-corrected chi connectivity index (χ4v) is 3.75. The number of anilines is 1. The number of nitrogens with one attached hydrogen (secondary N) is 1. The summed E-state index contributed by atoms with van der Waals surface area (Å²) in [5.41, 5.74) is 2.52.